The van der Waals surface area contributed by atoms with Crippen LogP contribution < -0.4 is 16.0 Å². The fourth-order valence-corrected chi connectivity index (χ4v) is 6.18. The Morgan fingerprint density at radius 3 is 2.69 bits per heavy atom. The van der Waals surface area contributed by atoms with E-state index in [4.69, 9.17) is 27.1 Å². The van der Waals surface area contributed by atoms with E-state index in [0.717, 1.165) is 47.3 Å². The zero-order chi connectivity index (χ0) is 25.7. The first-order valence-electron chi connectivity index (χ1n) is 12.2. The summed E-state index contributed by atoms with van der Waals surface area (Å²) < 4.78 is 8.09. The first-order valence-corrected chi connectivity index (χ1v) is 13.4. The number of carbonyl (C=O) groups is 1. The van der Waals surface area contributed by atoms with Gasteiger partial charge in [-0.1, -0.05) is 44.1 Å². The van der Waals surface area contributed by atoms with Crippen molar-refractivity contribution in [2.24, 2.45) is 10.8 Å². The SMILES string of the molecule is C[C@@H]1OCC2(CCN(c3ncc(Sc4ccnc(N)c4Cl)c4nccn34)CC2)[C@@H]1NC(=O)C(C)(C)C. The van der Waals surface area contributed by atoms with E-state index in [9.17, 15) is 4.79 Å². The minimum Gasteiger partial charge on any atom is -0.382 e. The molecule has 0 aliphatic carbocycles. The topological polar surface area (TPSA) is 111 Å². The summed E-state index contributed by atoms with van der Waals surface area (Å²) in [5.74, 6) is 1.22. The molecule has 0 bridgehead atoms. The Bertz CT molecular complexity index is 1280. The minimum absolute atomic E-state index is 0.00363. The summed E-state index contributed by atoms with van der Waals surface area (Å²) in [4.78, 5) is 30.2. The molecule has 3 N–H and O–H groups in total. The highest BCUT2D eigenvalue weighted by Gasteiger charge is 2.50. The lowest BCUT2D eigenvalue weighted by atomic mass is 9.72. The minimum atomic E-state index is -0.437. The molecule has 2 aliphatic rings. The van der Waals surface area contributed by atoms with Crippen LogP contribution in [0.4, 0.5) is 11.8 Å². The van der Waals surface area contributed by atoms with Crippen molar-refractivity contribution in [1.82, 2.24) is 24.7 Å². The van der Waals surface area contributed by atoms with Gasteiger partial charge < -0.3 is 20.7 Å². The van der Waals surface area contributed by atoms with Gasteiger partial charge in [-0.2, -0.15) is 0 Å². The third-order valence-corrected chi connectivity index (χ3v) is 8.82. The number of anilines is 2. The van der Waals surface area contributed by atoms with Crippen LogP contribution in [0.25, 0.3) is 5.65 Å². The maximum absolute atomic E-state index is 12.8. The van der Waals surface area contributed by atoms with E-state index in [0.29, 0.717) is 17.4 Å². The lowest BCUT2D eigenvalue weighted by Crippen LogP contribution is -2.56. The van der Waals surface area contributed by atoms with Crippen LogP contribution >= 0.6 is 23.4 Å². The molecular formula is C25H32ClN7O2S. The van der Waals surface area contributed by atoms with Crippen LogP contribution in [0.5, 0.6) is 0 Å². The van der Waals surface area contributed by atoms with E-state index >= 15 is 0 Å². The maximum Gasteiger partial charge on any atom is 0.225 e. The number of imidazole rings is 1. The van der Waals surface area contributed by atoms with Crippen LogP contribution in [0.3, 0.4) is 0 Å². The van der Waals surface area contributed by atoms with Gasteiger partial charge in [0.15, 0.2) is 5.65 Å². The lowest BCUT2D eigenvalue weighted by Gasteiger charge is -2.43. The van der Waals surface area contributed by atoms with E-state index < -0.39 is 5.41 Å². The Morgan fingerprint density at radius 1 is 1.22 bits per heavy atom. The predicted molar refractivity (Wildman–Crippen MR) is 141 cm³/mol. The molecule has 192 valence electrons. The van der Waals surface area contributed by atoms with Gasteiger partial charge in [0.05, 0.1) is 28.7 Å². The van der Waals surface area contributed by atoms with Gasteiger partial charge in [-0.05, 0) is 25.8 Å². The molecule has 2 fully saturated rings. The third-order valence-electron chi connectivity index (χ3n) is 7.25. The molecule has 0 aromatic carbocycles. The first-order chi connectivity index (χ1) is 17.1. The van der Waals surface area contributed by atoms with Crippen LogP contribution in [0.2, 0.25) is 5.02 Å². The van der Waals surface area contributed by atoms with Gasteiger partial charge in [-0.3, -0.25) is 9.20 Å². The highest BCUT2D eigenvalue weighted by molar-refractivity contribution is 7.99. The number of hydrogen-bond donors (Lipinski definition) is 2. The van der Waals surface area contributed by atoms with Gasteiger partial charge in [-0.15, -0.1) is 0 Å². The van der Waals surface area contributed by atoms with E-state index in [1.165, 1.54) is 11.8 Å². The number of ether oxygens (including phenoxy) is 1. The van der Waals surface area contributed by atoms with E-state index in [1.54, 1.807) is 12.4 Å². The molecule has 3 aromatic rings. The normalized spacial score (nSPS) is 21.9. The Balaban J connectivity index is 1.35. The molecule has 1 amide bonds. The number of aromatic nitrogens is 4. The molecule has 1 spiro atoms. The van der Waals surface area contributed by atoms with E-state index in [2.05, 4.69) is 27.1 Å². The number of rotatable bonds is 4. The van der Waals surface area contributed by atoms with Crippen molar-refractivity contribution in [3.8, 4) is 0 Å². The van der Waals surface area contributed by atoms with Crippen LogP contribution in [0.15, 0.2) is 40.6 Å². The fraction of sp³-hybridized carbons (Fsp3) is 0.520. The molecule has 11 heteroatoms. The molecule has 3 aromatic heterocycles. The highest BCUT2D eigenvalue weighted by atomic mass is 35.5. The van der Waals surface area contributed by atoms with Crippen molar-refractivity contribution in [2.75, 3.05) is 30.3 Å². The maximum atomic E-state index is 12.8. The number of hydrogen-bond acceptors (Lipinski definition) is 8. The van der Waals surface area contributed by atoms with Crippen LogP contribution in [0.1, 0.15) is 40.5 Å². The number of nitrogens with two attached hydrogens (primary N) is 1. The van der Waals surface area contributed by atoms with Crippen LogP contribution in [-0.4, -0.2) is 57.1 Å². The number of nitrogen functional groups attached to an aromatic ring is 1. The third kappa shape index (κ3) is 4.50. The second-order valence-corrected chi connectivity index (χ2v) is 12.2. The van der Waals surface area contributed by atoms with Gasteiger partial charge >= 0.3 is 0 Å². The number of nitrogens with zero attached hydrogens (tertiary/aromatic N) is 5. The zero-order valence-electron chi connectivity index (χ0n) is 21.0. The zero-order valence-corrected chi connectivity index (χ0v) is 22.6. The summed E-state index contributed by atoms with van der Waals surface area (Å²) in [5, 5.41) is 3.74. The van der Waals surface area contributed by atoms with Crippen molar-refractivity contribution >= 4 is 46.7 Å². The molecular weight excluding hydrogens is 498 g/mol. The molecule has 0 unspecified atom stereocenters. The lowest BCUT2D eigenvalue weighted by molar-refractivity contribution is -0.130. The number of carbonyl (C=O) groups excluding carboxylic acids is 1. The van der Waals surface area contributed by atoms with Crippen LogP contribution in [-0.2, 0) is 9.53 Å². The smallest absolute Gasteiger partial charge is 0.225 e. The second kappa shape index (κ2) is 9.39. The largest absolute Gasteiger partial charge is 0.382 e. The van der Waals surface area contributed by atoms with Crippen LogP contribution in [0, 0.1) is 10.8 Å². The Kier molecular flexibility index (Phi) is 6.55. The monoisotopic (exact) mass is 529 g/mol. The molecule has 2 aliphatic heterocycles. The molecule has 2 atom stereocenters. The summed E-state index contributed by atoms with van der Waals surface area (Å²) >= 11 is 7.83. The van der Waals surface area contributed by atoms with E-state index in [1.807, 2.05) is 43.6 Å². The summed E-state index contributed by atoms with van der Waals surface area (Å²) in [6, 6.07) is 1.84. The molecule has 5 heterocycles. The van der Waals surface area contributed by atoms with Crippen molar-refractivity contribution in [3.05, 3.63) is 35.9 Å². The Hall–Kier alpha value is -2.56. The molecule has 9 nitrogen and oxygen atoms in total. The van der Waals surface area contributed by atoms with Gasteiger partial charge in [-0.25, -0.2) is 15.0 Å². The van der Waals surface area contributed by atoms with Crippen molar-refractivity contribution in [2.45, 2.75) is 62.5 Å². The fourth-order valence-electron chi connectivity index (χ4n) is 5.04. The van der Waals surface area contributed by atoms with Gasteiger partial charge in [0.25, 0.3) is 0 Å². The van der Waals surface area contributed by atoms with Crippen molar-refractivity contribution < 1.29 is 9.53 Å². The number of pyridine rings is 1. The standard InChI is InChI=1S/C25H32ClN7O2S/c1-15-19(31-22(34)24(2,3)4)25(14-35-15)6-10-32(11-7-25)23-30-13-17(21-29-9-12-33(21)23)36-16-5-8-28-20(27)18(16)26/h5,8-9,12-13,15,19H,6-7,10-11,14H2,1-4H3,(H2,27,28)(H,31,34)/t15-,19+/m0/s1. The Labute approximate surface area is 220 Å². The molecule has 2 saturated heterocycles. The predicted octanol–water partition coefficient (Wildman–Crippen LogP) is 4.05. The quantitative estimate of drug-likeness (QED) is 0.521. The van der Waals surface area contributed by atoms with Gasteiger partial charge in [0.2, 0.25) is 11.9 Å². The number of nitrogens with one attached hydrogen (secondary N) is 1. The van der Waals surface area contributed by atoms with Gasteiger partial charge in [0.1, 0.15) is 5.82 Å². The number of amides is 1. The molecule has 36 heavy (non-hydrogen) atoms. The summed E-state index contributed by atoms with van der Waals surface area (Å²) in [6.45, 7) is 10.2. The molecule has 0 saturated carbocycles. The highest BCUT2D eigenvalue weighted by Crippen LogP contribution is 2.44. The summed E-state index contributed by atoms with van der Waals surface area (Å²) in [7, 11) is 0. The van der Waals surface area contributed by atoms with Gasteiger partial charge in [0, 0.05) is 53.6 Å². The summed E-state index contributed by atoms with van der Waals surface area (Å²) in [5.41, 5.74) is 6.17. The number of piperidine rings is 1. The Morgan fingerprint density at radius 2 is 1.97 bits per heavy atom. The second-order valence-electron chi connectivity index (χ2n) is 10.7. The molecule has 0 radical (unpaired) electrons. The average Bonchev–Trinajstić information content (AvgIpc) is 3.44. The van der Waals surface area contributed by atoms with Crippen molar-refractivity contribution in [3.63, 3.8) is 0 Å². The molecule has 5 rings (SSSR count). The average molecular weight is 530 g/mol. The summed E-state index contributed by atoms with van der Waals surface area (Å²) in [6.07, 6.45) is 9.01. The number of halogens is 1. The van der Waals surface area contributed by atoms with Crippen molar-refractivity contribution in [1.29, 1.82) is 0 Å². The van der Waals surface area contributed by atoms with E-state index in [-0.39, 0.29) is 23.5 Å². The number of fused-ring (bicyclic) bond motifs is 1. The first kappa shape index (κ1) is 25.1.